The SMILES string of the molecule is CCCCCCCCCCCCCCCC(=O)OCC(CO)(CO)COCC(CO)(COC(=O)CCCCCCCCCCCCCCC)COC(=O)CCCCCCCCCCCCCCC. The van der Waals surface area contributed by atoms with Gasteiger partial charge in [0, 0.05) is 19.3 Å². The van der Waals surface area contributed by atoms with Gasteiger partial charge in [0.15, 0.2) is 0 Å². The Bertz CT molecular complexity index is 1050. The number of rotatable bonds is 55. The molecule has 0 rings (SSSR count). The first-order valence-corrected chi connectivity index (χ1v) is 29.1. The van der Waals surface area contributed by atoms with Gasteiger partial charge in [-0.25, -0.2) is 0 Å². The third-order valence-corrected chi connectivity index (χ3v) is 13.9. The van der Waals surface area contributed by atoms with Crippen LogP contribution < -0.4 is 0 Å². The van der Waals surface area contributed by atoms with Gasteiger partial charge < -0.3 is 34.3 Å². The summed E-state index contributed by atoms with van der Waals surface area (Å²) in [5, 5.41) is 31.4. The average molecular weight is 970 g/mol. The number of esters is 3. The number of aliphatic hydroxyl groups excluding tert-OH is 3. The van der Waals surface area contributed by atoms with Gasteiger partial charge in [-0.1, -0.05) is 252 Å². The number of ether oxygens (including phenoxy) is 4. The highest BCUT2D eigenvalue weighted by atomic mass is 16.6. The van der Waals surface area contributed by atoms with Crippen LogP contribution in [-0.4, -0.2) is 86.1 Å². The lowest BCUT2D eigenvalue weighted by molar-refractivity contribution is -0.165. The number of aliphatic hydroxyl groups is 3. The van der Waals surface area contributed by atoms with Crippen molar-refractivity contribution in [3.05, 3.63) is 0 Å². The third kappa shape index (κ3) is 42.0. The summed E-state index contributed by atoms with van der Waals surface area (Å²) in [6.45, 7) is 4.26. The molecule has 0 spiro atoms. The summed E-state index contributed by atoms with van der Waals surface area (Å²) < 4.78 is 23.0. The maximum absolute atomic E-state index is 12.9. The maximum atomic E-state index is 12.9. The molecule has 0 aromatic rings. The topological polar surface area (TPSA) is 149 Å². The Labute approximate surface area is 419 Å². The summed E-state index contributed by atoms with van der Waals surface area (Å²) in [5.74, 6) is -1.13. The van der Waals surface area contributed by atoms with E-state index in [0.29, 0.717) is 0 Å². The second-order valence-corrected chi connectivity index (χ2v) is 20.9. The monoisotopic (exact) mass is 969 g/mol. The summed E-state index contributed by atoms with van der Waals surface area (Å²) >= 11 is 0. The molecule has 0 radical (unpaired) electrons. The van der Waals surface area contributed by atoms with Gasteiger partial charge in [0.2, 0.25) is 0 Å². The Kier molecular flexibility index (Phi) is 48.9. The van der Waals surface area contributed by atoms with Gasteiger partial charge in [0.05, 0.1) is 43.9 Å². The van der Waals surface area contributed by atoms with Crippen molar-refractivity contribution in [3.63, 3.8) is 0 Å². The standard InChI is InChI=1S/C58H112O10/c1-4-7-10-13-16-19-22-25-28-31-34-37-40-43-54(62)66-51-57(46-59,47-60)49-65-50-58(48-61,52-67-55(63)44-41-38-35-32-29-26-23-20-17-14-11-8-5-2)53-68-56(64)45-42-39-36-33-30-27-24-21-18-15-12-9-6-3/h59-61H,4-53H2,1-3H3. The van der Waals surface area contributed by atoms with Crippen molar-refractivity contribution in [1.29, 1.82) is 0 Å². The van der Waals surface area contributed by atoms with E-state index in [1.54, 1.807) is 0 Å². The van der Waals surface area contributed by atoms with E-state index >= 15 is 0 Å². The predicted molar refractivity (Wildman–Crippen MR) is 281 cm³/mol. The minimum Gasteiger partial charge on any atom is -0.465 e. The van der Waals surface area contributed by atoms with Crippen molar-refractivity contribution < 1.29 is 48.7 Å². The van der Waals surface area contributed by atoms with E-state index in [0.717, 1.165) is 57.8 Å². The average Bonchev–Trinajstić information content (AvgIpc) is 3.35. The molecule has 0 saturated heterocycles. The molecule has 0 atom stereocenters. The molecule has 0 aliphatic rings. The first kappa shape index (κ1) is 66.2. The summed E-state index contributed by atoms with van der Waals surface area (Å²) in [6.07, 6.45) is 48.1. The van der Waals surface area contributed by atoms with Gasteiger partial charge in [-0.15, -0.1) is 0 Å². The minimum absolute atomic E-state index is 0.170. The molecule has 0 heterocycles. The molecular weight excluding hydrogens is 857 g/mol. The van der Waals surface area contributed by atoms with E-state index in [9.17, 15) is 29.7 Å². The Morgan fingerprint density at radius 3 is 0.691 bits per heavy atom. The zero-order valence-corrected chi connectivity index (χ0v) is 45.1. The fraction of sp³-hybridized carbons (Fsp3) is 0.948. The van der Waals surface area contributed by atoms with Crippen molar-refractivity contribution in [2.75, 3.05) is 52.9 Å². The molecule has 0 aliphatic carbocycles. The van der Waals surface area contributed by atoms with Crippen LogP contribution in [0.1, 0.15) is 290 Å². The molecule has 0 aromatic heterocycles. The van der Waals surface area contributed by atoms with E-state index in [1.807, 2.05) is 0 Å². The molecule has 0 fully saturated rings. The van der Waals surface area contributed by atoms with Crippen LogP contribution in [0.25, 0.3) is 0 Å². The van der Waals surface area contributed by atoms with Crippen LogP contribution in [0, 0.1) is 10.8 Å². The first-order chi connectivity index (χ1) is 33.3. The second-order valence-electron chi connectivity index (χ2n) is 20.9. The Balaban J connectivity index is 4.91. The van der Waals surface area contributed by atoms with Gasteiger partial charge in [-0.2, -0.15) is 0 Å². The van der Waals surface area contributed by atoms with Gasteiger partial charge in [-0.05, 0) is 19.3 Å². The number of hydrogen-bond donors (Lipinski definition) is 3. The number of hydrogen-bond acceptors (Lipinski definition) is 10. The Hall–Kier alpha value is -1.75. The lowest BCUT2D eigenvalue weighted by atomic mass is 9.90. The predicted octanol–water partition coefficient (Wildman–Crippen LogP) is 15.0. The molecule has 0 amide bonds. The highest BCUT2D eigenvalue weighted by molar-refractivity contribution is 5.70. The second kappa shape index (κ2) is 50.2. The van der Waals surface area contributed by atoms with Crippen LogP contribution >= 0.6 is 0 Å². The molecule has 0 unspecified atom stereocenters. The van der Waals surface area contributed by atoms with E-state index in [2.05, 4.69) is 20.8 Å². The van der Waals surface area contributed by atoms with Crippen molar-refractivity contribution in [2.45, 2.75) is 290 Å². The van der Waals surface area contributed by atoms with E-state index in [1.165, 1.54) is 193 Å². The molecule has 68 heavy (non-hydrogen) atoms. The third-order valence-electron chi connectivity index (χ3n) is 13.9. The first-order valence-electron chi connectivity index (χ1n) is 29.1. The largest absolute Gasteiger partial charge is 0.465 e. The number of carbonyl (C=O) groups is 3. The van der Waals surface area contributed by atoms with Crippen LogP contribution in [-0.2, 0) is 33.3 Å². The molecule has 0 aromatic carbocycles. The van der Waals surface area contributed by atoms with Crippen molar-refractivity contribution in [2.24, 2.45) is 10.8 Å². The number of unbranched alkanes of at least 4 members (excludes halogenated alkanes) is 36. The Morgan fingerprint density at radius 1 is 0.279 bits per heavy atom. The quantitative estimate of drug-likeness (QED) is 0.0305. The minimum atomic E-state index is -1.28. The molecule has 0 bridgehead atoms. The Morgan fingerprint density at radius 2 is 0.471 bits per heavy atom. The van der Waals surface area contributed by atoms with Gasteiger partial charge >= 0.3 is 17.9 Å². The molecule has 404 valence electrons. The smallest absolute Gasteiger partial charge is 0.305 e. The van der Waals surface area contributed by atoms with Gasteiger partial charge in [0.1, 0.15) is 19.8 Å². The van der Waals surface area contributed by atoms with Crippen LogP contribution in [0.15, 0.2) is 0 Å². The van der Waals surface area contributed by atoms with E-state index in [-0.39, 0.29) is 70.2 Å². The summed E-state index contributed by atoms with van der Waals surface area (Å²) in [6, 6.07) is 0. The van der Waals surface area contributed by atoms with E-state index < -0.39 is 30.7 Å². The highest BCUT2D eigenvalue weighted by Gasteiger charge is 2.37. The van der Waals surface area contributed by atoms with E-state index in [4.69, 9.17) is 18.9 Å². The van der Waals surface area contributed by atoms with Gasteiger partial charge in [-0.3, -0.25) is 14.4 Å². The molecule has 0 saturated carbocycles. The maximum Gasteiger partial charge on any atom is 0.305 e. The fourth-order valence-corrected chi connectivity index (χ4v) is 8.80. The van der Waals surface area contributed by atoms with Crippen LogP contribution in [0.3, 0.4) is 0 Å². The van der Waals surface area contributed by atoms with Crippen LogP contribution in [0.4, 0.5) is 0 Å². The fourth-order valence-electron chi connectivity index (χ4n) is 8.80. The highest BCUT2D eigenvalue weighted by Crippen LogP contribution is 2.25. The molecule has 10 nitrogen and oxygen atoms in total. The molecule has 10 heteroatoms. The zero-order valence-electron chi connectivity index (χ0n) is 45.1. The number of carbonyl (C=O) groups excluding carboxylic acids is 3. The summed E-state index contributed by atoms with van der Waals surface area (Å²) in [7, 11) is 0. The lowest BCUT2D eigenvalue weighted by Gasteiger charge is -2.34. The zero-order chi connectivity index (χ0) is 49.9. The lowest BCUT2D eigenvalue weighted by Crippen LogP contribution is -2.45. The molecule has 0 aliphatic heterocycles. The summed E-state index contributed by atoms with van der Waals surface area (Å²) in [5.41, 5.74) is -2.53. The van der Waals surface area contributed by atoms with Crippen molar-refractivity contribution >= 4 is 17.9 Å². The molecular formula is C58H112O10. The summed E-state index contributed by atoms with van der Waals surface area (Å²) in [4.78, 5) is 38.5. The van der Waals surface area contributed by atoms with Crippen molar-refractivity contribution in [1.82, 2.24) is 0 Å². The van der Waals surface area contributed by atoms with Crippen LogP contribution in [0.2, 0.25) is 0 Å². The van der Waals surface area contributed by atoms with Crippen molar-refractivity contribution in [3.8, 4) is 0 Å². The van der Waals surface area contributed by atoms with Crippen LogP contribution in [0.5, 0.6) is 0 Å². The normalized spacial score (nSPS) is 11.9. The van der Waals surface area contributed by atoms with Gasteiger partial charge in [0.25, 0.3) is 0 Å². The molecule has 3 N–H and O–H groups in total.